The lowest BCUT2D eigenvalue weighted by Crippen LogP contribution is -2.25. The van der Waals surface area contributed by atoms with Crippen molar-refractivity contribution in [2.75, 3.05) is 13.2 Å². The van der Waals surface area contributed by atoms with E-state index >= 15 is 0 Å². The van der Waals surface area contributed by atoms with Gasteiger partial charge in [0.05, 0.1) is 19.3 Å². The van der Waals surface area contributed by atoms with Crippen molar-refractivity contribution in [3.8, 4) is 28.0 Å². The third-order valence-corrected chi connectivity index (χ3v) is 6.30. The van der Waals surface area contributed by atoms with Gasteiger partial charge >= 0.3 is 0 Å². The minimum Gasteiger partial charge on any atom is -0.491 e. The minimum absolute atomic E-state index is 0.0760. The van der Waals surface area contributed by atoms with Crippen molar-refractivity contribution in [2.24, 2.45) is 0 Å². The Labute approximate surface area is 193 Å². The average Bonchev–Trinajstić information content (AvgIpc) is 2.83. The van der Waals surface area contributed by atoms with Crippen LogP contribution in [0.25, 0.3) is 22.3 Å². The van der Waals surface area contributed by atoms with Crippen LogP contribution in [0.15, 0.2) is 54.6 Å². The maximum Gasteiger partial charge on any atom is 0.201 e. The molecule has 1 aliphatic heterocycles. The lowest BCUT2D eigenvalue weighted by Gasteiger charge is -2.29. The van der Waals surface area contributed by atoms with E-state index in [0.717, 1.165) is 36.8 Å². The summed E-state index contributed by atoms with van der Waals surface area (Å²) in [6, 6.07) is 15.2. The van der Waals surface area contributed by atoms with Crippen molar-refractivity contribution in [1.82, 2.24) is 0 Å². The molecule has 2 atom stereocenters. The summed E-state index contributed by atoms with van der Waals surface area (Å²) in [6.45, 7) is 4.67. The van der Waals surface area contributed by atoms with Crippen LogP contribution < -0.4 is 4.74 Å². The molecule has 0 amide bonds. The number of hydrogen-bond acceptors (Lipinski definition) is 2. The van der Waals surface area contributed by atoms with Crippen molar-refractivity contribution in [1.29, 1.82) is 0 Å². The zero-order valence-corrected chi connectivity index (χ0v) is 19.0. The Balaban J connectivity index is 1.51. The van der Waals surface area contributed by atoms with Crippen LogP contribution in [-0.2, 0) is 4.74 Å². The van der Waals surface area contributed by atoms with Crippen LogP contribution in [0.5, 0.6) is 5.75 Å². The minimum atomic E-state index is -0.996. The summed E-state index contributed by atoms with van der Waals surface area (Å²) in [7, 11) is 0. The van der Waals surface area contributed by atoms with Gasteiger partial charge in [-0.25, -0.2) is 8.78 Å². The second-order valence-electron chi connectivity index (χ2n) is 8.50. The Morgan fingerprint density at radius 2 is 1.58 bits per heavy atom. The van der Waals surface area contributed by atoms with Crippen molar-refractivity contribution >= 4 is 0 Å². The van der Waals surface area contributed by atoms with Gasteiger partial charge in [0.25, 0.3) is 0 Å². The molecule has 1 heterocycles. The molecule has 0 radical (unpaired) electrons. The normalized spacial score (nSPS) is 18.3. The van der Waals surface area contributed by atoms with Gasteiger partial charge < -0.3 is 9.47 Å². The Kier molecular flexibility index (Phi) is 7.39. The summed E-state index contributed by atoms with van der Waals surface area (Å²) >= 11 is 0. The smallest absolute Gasteiger partial charge is 0.201 e. The molecule has 4 rings (SSSR count). The van der Waals surface area contributed by atoms with E-state index < -0.39 is 11.6 Å². The van der Waals surface area contributed by atoms with Crippen LogP contribution in [-0.4, -0.2) is 19.3 Å². The quantitative estimate of drug-likeness (QED) is 0.361. The molecule has 0 saturated carbocycles. The van der Waals surface area contributed by atoms with Crippen molar-refractivity contribution < 1.29 is 22.6 Å². The number of ether oxygens (including phenoxy) is 2. The summed E-state index contributed by atoms with van der Waals surface area (Å²) in [4.78, 5) is 0. The third kappa shape index (κ3) is 5.09. The predicted octanol–water partition coefficient (Wildman–Crippen LogP) is 7.90. The van der Waals surface area contributed by atoms with Crippen LogP contribution in [0.3, 0.4) is 0 Å². The highest BCUT2D eigenvalue weighted by Gasteiger charge is 2.24. The van der Waals surface area contributed by atoms with Crippen LogP contribution in [0.4, 0.5) is 13.2 Å². The van der Waals surface area contributed by atoms with Gasteiger partial charge in [0, 0.05) is 11.5 Å². The molecule has 33 heavy (non-hydrogen) atoms. The second kappa shape index (κ2) is 10.4. The molecule has 5 heteroatoms. The maximum absolute atomic E-state index is 14.9. The fraction of sp³-hybridized carbons (Fsp3) is 0.357. The highest BCUT2D eigenvalue weighted by atomic mass is 19.2. The fourth-order valence-corrected chi connectivity index (χ4v) is 4.50. The molecular formula is C28H29F3O2. The van der Waals surface area contributed by atoms with Crippen LogP contribution in [0.1, 0.15) is 51.0 Å². The number of hydrogen-bond donors (Lipinski definition) is 0. The fourth-order valence-electron chi connectivity index (χ4n) is 4.50. The monoisotopic (exact) mass is 454 g/mol. The molecule has 2 unspecified atom stereocenters. The molecular weight excluding hydrogens is 425 g/mol. The van der Waals surface area contributed by atoms with Crippen LogP contribution in [0, 0.1) is 17.5 Å². The topological polar surface area (TPSA) is 18.5 Å². The number of halogens is 3. The van der Waals surface area contributed by atoms with Gasteiger partial charge in [0.1, 0.15) is 5.82 Å². The summed E-state index contributed by atoms with van der Waals surface area (Å²) in [6.07, 6.45) is 4.33. The SMILES string of the molecule is CCCC1CCC(c2ccc(-c3ccc(-c4ccc(OCC)c(F)c4F)cc3)cc2F)CO1. The van der Waals surface area contributed by atoms with Gasteiger partial charge in [0.2, 0.25) is 5.82 Å². The van der Waals surface area contributed by atoms with Crippen LogP contribution in [0.2, 0.25) is 0 Å². The van der Waals surface area contributed by atoms with E-state index in [2.05, 4.69) is 6.92 Å². The first-order chi connectivity index (χ1) is 16.0. The van der Waals surface area contributed by atoms with Gasteiger partial charge in [-0.05, 0) is 66.6 Å². The highest BCUT2D eigenvalue weighted by Crippen LogP contribution is 2.34. The molecule has 1 saturated heterocycles. The molecule has 1 fully saturated rings. The first kappa shape index (κ1) is 23.4. The standard InChI is InChI=1S/C28H29F3O2/c1-3-5-22-12-10-21(17-33-22)23-13-11-20(16-25(23)29)18-6-8-19(9-7-18)24-14-15-26(32-4-2)28(31)27(24)30/h6-9,11,13-16,21-22H,3-5,10,12,17H2,1-2H3. The molecule has 0 aromatic heterocycles. The van der Waals surface area contributed by atoms with E-state index in [1.807, 2.05) is 12.1 Å². The number of benzene rings is 3. The van der Waals surface area contributed by atoms with E-state index in [0.29, 0.717) is 23.8 Å². The zero-order valence-electron chi connectivity index (χ0n) is 19.0. The van der Waals surface area contributed by atoms with E-state index in [9.17, 15) is 13.2 Å². The van der Waals surface area contributed by atoms with Gasteiger partial charge in [-0.15, -0.1) is 0 Å². The molecule has 3 aromatic carbocycles. The predicted molar refractivity (Wildman–Crippen MR) is 125 cm³/mol. The number of rotatable bonds is 7. The molecule has 174 valence electrons. The van der Waals surface area contributed by atoms with E-state index in [4.69, 9.17) is 9.47 Å². The summed E-state index contributed by atoms with van der Waals surface area (Å²) in [5.74, 6) is -2.20. The average molecular weight is 455 g/mol. The summed E-state index contributed by atoms with van der Waals surface area (Å²) in [5.41, 5.74) is 2.93. The Bertz CT molecular complexity index is 1090. The highest BCUT2D eigenvalue weighted by molar-refractivity contribution is 5.71. The van der Waals surface area contributed by atoms with E-state index in [1.54, 1.807) is 37.3 Å². The summed E-state index contributed by atoms with van der Waals surface area (Å²) in [5, 5.41) is 0. The lowest BCUT2D eigenvalue weighted by atomic mass is 9.89. The maximum atomic E-state index is 14.9. The summed E-state index contributed by atoms with van der Waals surface area (Å²) < 4.78 is 54.7. The molecule has 3 aromatic rings. The Morgan fingerprint density at radius 1 is 0.848 bits per heavy atom. The molecule has 0 spiro atoms. The van der Waals surface area contributed by atoms with E-state index in [1.165, 1.54) is 12.1 Å². The largest absolute Gasteiger partial charge is 0.491 e. The van der Waals surface area contributed by atoms with Gasteiger partial charge in [0.15, 0.2) is 11.6 Å². The van der Waals surface area contributed by atoms with Gasteiger partial charge in [-0.1, -0.05) is 49.7 Å². The Hall–Kier alpha value is -2.79. The Morgan fingerprint density at radius 3 is 2.21 bits per heavy atom. The van der Waals surface area contributed by atoms with Gasteiger partial charge in [-0.2, -0.15) is 4.39 Å². The molecule has 0 aliphatic carbocycles. The molecule has 1 aliphatic rings. The molecule has 2 nitrogen and oxygen atoms in total. The zero-order chi connectivity index (χ0) is 23.4. The lowest BCUT2D eigenvalue weighted by molar-refractivity contribution is -0.00172. The van der Waals surface area contributed by atoms with Crippen molar-refractivity contribution in [3.63, 3.8) is 0 Å². The van der Waals surface area contributed by atoms with Gasteiger partial charge in [-0.3, -0.25) is 0 Å². The van der Waals surface area contributed by atoms with Crippen molar-refractivity contribution in [3.05, 3.63) is 77.6 Å². The van der Waals surface area contributed by atoms with Crippen molar-refractivity contribution in [2.45, 2.75) is 51.6 Å². The first-order valence-corrected chi connectivity index (χ1v) is 11.6. The third-order valence-electron chi connectivity index (χ3n) is 6.30. The second-order valence-corrected chi connectivity index (χ2v) is 8.50. The molecule has 0 N–H and O–H groups in total. The molecule has 0 bridgehead atoms. The first-order valence-electron chi connectivity index (χ1n) is 11.6. The van der Waals surface area contributed by atoms with E-state index in [-0.39, 0.29) is 29.7 Å². The van der Waals surface area contributed by atoms with Crippen LogP contribution >= 0.6 is 0 Å².